The molecular weight excluding hydrogens is 321 g/mol. The van der Waals surface area contributed by atoms with Crippen molar-refractivity contribution in [1.82, 2.24) is 10.3 Å². The van der Waals surface area contributed by atoms with E-state index in [9.17, 15) is 18.0 Å². The second-order valence-corrected chi connectivity index (χ2v) is 5.62. The normalized spacial score (nSPS) is 11.4. The minimum Gasteiger partial charge on any atom is -0.444 e. The molecule has 0 fully saturated rings. The largest absolute Gasteiger partial charge is 0.444 e. The van der Waals surface area contributed by atoms with Crippen LogP contribution in [0.25, 0.3) is 0 Å². The van der Waals surface area contributed by atoms with Crippen molar-refractivity contribution in [3.63, 3.8) is 0 Å². The minimum absolute atomic E-state index is 0.000607. The molecule has 1 heterocycles. The molecule has 0 bridgehead atoms. The summed E-state index contributed by atoms with van der Waals surface area (Å²) < 4.78 is 42.3. The molecule has 22 heavy (non-hydrogen) atoms. The Hall–Kier alpha value is -1.94. The first-order valence-corrected chi connectivity index (χ1v) is 6.55. The third kappa shape index (κ3) is 6.22. The van der Waals surface area contributed by atoms with Gasteiger partial charge in [-0.3, -0.25) is 0 Å². The fourth-order valence-corrected chi connectivity index (χ4v) is 1.46. The van der Waals surface area contributed by atoms with Crippen molar-refractivity contribution in [2.75, 3.05) is 6.54 Å². The average Bonchev–Trinajstić information content (AvgIpc) is 2.32. The van der Waals surface area contributed by atoms with Gasteiger partial charge in [0.1, 0.15) is 11.3 Å². The Balaban J connectivity index is 2.64. The highest BCUT2D eigenvalue weighted by atomic mass is 35.5. The zero-order valence-electron chi connectivity index (χ0n) is 12.1. The van der Waals surface area contributed by atoms with Gasteiger partial charge in [0.25, 0.3) is 0 Å². The maximum absolute atomic E-state index is 12.4. The van der Waals surface area contributed by atoms with E-state index in [0.717, 1.165) is 6.07 Å². The van der Waals surface area contributed by atoms with E-state index in [1.54, 1.807) is 20.8 Å². The van der Waals surface area contributed by atoms with Crippen molar-refractivity contribution >= 4 is 17.7 Å². The zero-order valence-corrected chi connectivity index (χ0v) is 12.9. The summed E-state index contributed by atoms with van der Waals surface area (Å²) in [6, 6.07) is 0.750. The number of carbonyl (C=O) groups is 1. The number of aromatic nitrogens is 1. The second-order valence-electron chi connectivity index (χ2n) is 5.21. The third-order valence-corrected chi connectivity index (χ3v) is 2.38. The van der Waals surface area contributed by atoms with Crippen LogP contribution < -0.4 is 5.32 Å². The number of nitrogens with zero attached hydrogens (tertiary/aromatic N) is 1. The number of alkyl carbamates (subject to hydrolysis) is 1. The molecule has 0 radical (unpaired) electrons. The fraction of sp³-hybridized carbons (Fsp3) is 0.429. The first kappa shape index (κ1) is 18.1. The van der Waals surface area contributed by atoms with E-state index in [2.05, 4.69) is 22.1 Å². The quantitative estimate of drug-likeness (QED) is 0.798. The van der Waals surface area contributed by atoms with Crippen molar-refractivity contribution in [3.05, 3.63) is 28.5 Å². The second kappa shape index (κ2) is 6.88. The van der Waals surface area contributed by atoms with Crippen LogP contribution in [-0.4, -0.2) is 23.2 Å². The van der Waals surface area contributed by atoms with Crippen molar-refractivity contribution < 1.29 is 22.7 Å². The Morgan fingerprint density at radius 2 is 2.05 bits per heavy atom. The van der Waals surface area contributed by atoms with Crippen LogP contribution in [0, 0.1) is 11.8 Å². The van der Waals surface area contributed by atoms with Crippen molar-refractivity contribution in [2.24, 2.45) is 0 Å². The molecule has 0 aliphatic heterocycles. The molecule has 0 aliphatic rings. The summed E-state index contributed by atoms with van der Waals surface area (Å²) >= 11 is 5.69. The van der Waals surface area contributed by atoms with Gasteiger partial charge >= 0.3 is 12.3 Å². The van der Waals surface area contributed by atoms with Crippen molar-refractivity contribution in [3.8, 4) is 11.8 Å². The van der Waals surface area contributed by atoms with Crippen LogP contribution in [0.3, 0.4) is 0 Å². The summed E-state index contributed by atoms with van der Waals surface area (Å²) in [5.41, 5.74) is -1.58. The number of ether oxygens (including phenoxy) is 1. The van der Waals surface area contributed by atoms with E-state index in [4.69, 9.17) is 16.3 Å². The van der Waals surface area contributed by atoms with Crippen LogP contribution in [0.4, 0.5) is 18.0 Å². The highest BCUT2D eigenvalue weighted by molar-refractivity contribution is 6.31. The van der Waals surface area contributed by atoms with Gasteiger partial charge < -0.3 is 10.1 Å². The van der Waals surface area contributed by atoms with Crippen LogP contribution in [0.1, 0.15) is 32.0 Å². The van der Waals surface area contributed by atoms with Crippen LogP contribution in [0.2, 0.25) is 5.02 Å². The number of rotatable bonds is 1. The molecule has 1 amide bonds. The predicted molar refractivity (Wildman–Crippen MR) is 75.4 cm³/mol. The van der Waals surface area contributed by atoms with Gasteiger partial charge in [-0.25, -0.2) is 9.78 Å². The third-order valence-electron chi connectivity index (χ3n) is 2.10. The standard InChI is InChI=1S/C14H14ClF3N2O2/c1-13(2,3)22-12(21)19-6-4-5-11-10(15)7-9(8-20-11)14(16,17)18/h7-8H,6H2,1-3H3,(H,19,21). The Morgan fingerprint density at radius 3 is 2.55 bits per heavy atom. The summed E-state index contributed by atoms with van der Waals surface area (Å²) in [6.07, 6.45) is -4.51. The van der Waals surface area contributed by atoms with Crippen LogP contribution in [0.15, 0.2) is 12.3 Å². The van der Waals surface area contributed by atoms with Gasteiger partial charge in [-0.1, -0.05) is 17.5 Å². The number of carbonyl (C=O) groups excluding carboxylic acids is 1. The summed E-state index contributed by atoms with van der Waals surface area (Å²) in [6.45, 7) is 5.09. The van der Waals surface area contributed by atoms with Crippen LogP contribution in [0.5, 0.6) is 0 Å². The number of amides is 1. The highest BCUT2D eigenvalue weighted by Gasteiger charge is 2.31. The summed E-state index contributed by atoms with van der Waals surface area (Å²) in [4.78, 5) is 14.9. The van der Waals surface area contributed by atoms with E-state index < -0.39 is 23.4 Å². The lowest BCUT2D eigenvalue weighted by molar-refractivity contribution is -0.137. The Morgan fingerprint density at radius 1 is 1.41 bits per heavy atom. The van der Waals surface area contributed by atoms with E-state index >= 15 is 0 Å². The van der Waals surface area contributed by atoms with Gasteiger partial charge in [0.05, 0.1) is 17.1 Å². The van der Waals surface area contributed by atoms with Crippen LogP contribution >= 0.6 is 11.6 Å². The van der Waals surface area contributed by atoms with Gasteiger partial charge in [-0.2, -0.15) is 13.2 Å². The molecule has 0 saturated carbocycles. The fourth-order valence-electron chi connectivity index (χ4n) is 1.24. The number of hydrogen-bond donors (Lipinski definition) is 1. The molecule has 1 aromatic rings. The van der Waals surface area contributed by atoms with Gasteiger partial charge in [0, 0.05) is 6.20 Å². The lowest BCUT2D eigenvalue weighted by Crippen LogP contribution is -2.32. The smallest absolute Gasteiger partial charge is 0.417 e. The van der Waals surface area contributed by atoms with Crippen molar-refractivity contribution in [2.45, 2.75) is 32.5 Å². The molecule has 0 unspecified atom stereocenters. The monoisotopic (exact) mass is 334 g/mol. The average molecular weight is 335 g/mol. The Labute approximate surface area is 131 Å². The van der Waals surface area contributed by atoms with E-state index in [0.29, 0.717) is 6.20 Å². The summed E-state index contributed by atoms with van der Waals surface area (Å²) in [5.74, 6) is 5.01. The highest BCUT2D eigenvalue weighted by Crippen LogP contribution is 2.30. The zero-order chi connectivity index (χ0) is 17.0. The number of pyridine rings is 1. The molecule has 0 aliphatic carbocycles. The van der Waals surface area contributed by atoms with E-state index in [-0.39, 0.29) is 17.3 Å². The number of nitrogens with one attached hydrogen (secondary N) is 1. The van der Waals surface area contributed by atoms with Gasteiger partial charge in [-0.15, -0.1) is 0 Å². The lowest BCUT2D eigenvalue weighted by atomic mass is 10.2. The molecule has 1 N–H and O–H groups in total. The van der Waals surface area contributed by atoms with E-state index in [1.165, 1.54) is 0 Å². The molecule has 1 rings (SSSR count). The molecule has 8 heteroatoms. The number of hydrogen-bond acceptors (Lipinski definition) is 3. The molecule has 120 valence electrons. The first-order chi connectivity index (χ1) is 9.99. The molecule has 0 atom stereocenters. The van der Waals surface area contributed by atoms with Crippen molar-refractivity contribution in [1.29, 1.82) is 0 Å². The maximum Gasteiger partial charge on any atom is 0.417 e. The minimum atomic E-state index is -4.51. The molecule has 4 nitrogen and oxygen atoms in total. The number of halogens is 4. The van der Waals surface area contributed by atoms with Gasteiger partial charge in [0.2, 0.25) is 0 Å². The summed E-state index contributed by atoms with van der Waals surface area (Å²) in [5, 5.41) is 2.17. The SMILES string of the molecule is CC(C)(C)OC(=O)NCC#Cc1ncc(C(F)(F)F)cc1Cl. The predicted octanol–water partition coefficient (Wildman–Crippen LogP) is 3.63. The maximum atomic E-state index is 12.4. The summed E-state index contributed by atoms with van der Waals surface area (Å²) in [7, 11) is 0. The van der Waals surface area contributed by atoms with Gasteiger partial charge in [-0.05, 0) is 32.8 Å². The first-order valence-electron chi connectivity index (χ1n) is 6.17. The van der Waals surface area contributed by atoms with Crippen LogP contribution in [-0.2, 0) is 10.9 Å². The van der Waals surface area contributed by atoms with E-state index in [1.807, 2.05) is 0 Å². The van der Waals surface area contributed by atoms with Gasteiger partial charge in [0.15, 0.2) is 0 Å². The number of alkyl halides is 3. The lowest BCUT2D eigenvalue weighted by Gasteiger charge is -2.18. The molecule has 1 aromatic heterocycles. The topological polar surface area (TPSA) is 51.2 Å². The Bertz CT molecular complexity index is 613. The molecule has 0 aromatic carbocycles. The molecule has 0 saturated heterocycles. The molecular formula is C14H14ClF3N2O2. The Kier molecular flexibility index (Phi) is 5.66. The molecule has 0 spiro atoms.